The molecule has 3 N–H and O–H groups in total. The zero-order chi connectivity index (χ0) is 29.1. The molecule has 0 unspecified atom stereocenters. The summed E-state index contributed by atoms with van der Waals surface area (Å²) in [6.07, 6.45) is 0.756. The lowest BCUT2D eigenvalue weighted by atomic mass is 10.0. The molecule has 0 bridgehead atoms. The molecule has 0 aliphatic carbocycles. The standard InChI is InChI=1S/C28H30N4O8/c1-38-22-12-14-26(39-2)23(17-22)29-28(35)6-4-5-20(31-30-19-8-10-21(11-9-19)32(36)37)16-25(34)18-7-13-24(33)27(15-18)40-3/h7-15,17,30,33H,4-6,16H2,1-3H3,(H,29,35)/b31-20+. The van der Waals surface area contributed by atoms with Gasteiger partial charge in [-0.3, -0.25) is 25.1 Å². The Morgan fingerprint density at radius 1 is 0.925 bits per heavy atom. The summed E-state index contributed by atoms with van der Waals surface area (Å²) in [5.74, 6) is 0.590. The molecule has 0 saturated carbocycles. The monoisotopic (exact) mass is 550 g/mol. The van der Waals surface area contributed by atoms with Crippen LogP contribution >= 0.6 is 0 Å². The number of hydrogen-bond acceptors (Lipinski definition) is 10. The number of aromatic hydroxyl groups is 1. The van der Waals surface area contributed by atoms with Crippen LogP contribution < -0.4 is 25.0 Å². The number of non-ortho nitro benzene ring substituents is 1. The molecule has 12 heteroatoms. The van der Waals surface area contributed by atoms with Gasteiger partial charge in [0.1, 0.15) is 11.5 Å². The van der Waals surface area contributed by atoms with Crippen LogP contribution in [0.3, 0.4) is 0 Å². The predicted molar refractivity (Wildman–Crippen MR) is 150 cm³/mol. The maximum absolute atomic E-state index is 13.0. The highest BCUT2D eigenvalue weighted by molar-refractivity contribution is 6.10. The van der Waals surface area contributed by atoms with E-state index in [4.69, 9.17) is 14.2 Å². The van der Waals surface area contributed by atoms with E-state index in [1.54, 1.807) is 18.2 Å². The first-order chi connectivity index (χ1) is 19.2. The fraction of sp³-hybridized carbons (Fsp3) is 0.250. The number of benzene rings is 3. The topological polar surface area (TPSA) is 162 Å². The number of nitro groups is 1. The van der Waals surface area contributed by atoms with Gasteiger partial charge in [-0.05, 0) is 55.3 Å². The van der Waals surface area contributed by atoms with E-state index in [0.717, 1.165) is 0 Å². The number of nitrogens with one attached hydrogen (secondary N) is 2. The molecule has 0 saturated heterocycles. The van der Waals surface area contributed by atoms with Crippen LogP contribution in [0.5, 0.6) is 23.0 Å². The fourth-order valence-electron chi connectivity index (χ4n) is 3.70. The molecular formula is C28H30N4O8. The fourth-order valence-corrected chi connectivity index (χ4v) is 3.70. The Hall–Kier alpha value is -5.13. The van der Waals surface area contributed by atoms with Gasteiger partial charge < -0.3 is 24.6 Å². The van der Waals surface area contributed by atoms with Crippen molar-refractivity contribution in [3.63, 3.8) is 0 Å². The van der Waals surface area contributed by atoms with Crippen molar-refractivity contribution in [3.05, 3.63) is 76.3 Å². The van der Waals surface area contributed by atoms with E-state index in [-0.39, 0.29) is 41.7 Å². The number of ether oxygens (including phenoxy) is 3. The van der Waals surface area contributed by atoms with Gasteiger partial charge in [0, 0.05) is 35.9 Å². The molecular weight excluding hydrogens is 520 g/mol. The van der Waals surface area contributed by atoms with Crippen LogP contribution in [0.25, 0.3) is 0 Å². The molecule has 1 amide bonds. The smallest absolute Gasteiger partial charge is 0.269 e. The van der Waals surface area contributed by atoms with Gasteiger partial charge in [0.25, 0.3) is 5.69 Å². The van der Waals surface area contributed by atoms with Crippen molar-refractivity contribution in [3.8, 4) is 23.0 Å². The number of methoxy groups -OCH3 is 3. The lowest BCUT2D eigenvalue weighted by Gasteiger charge is -2.12. The van der Waals surface area contributed by atoms with E-state index in [9.17, 15) is 24.8 Å². The quantitative estimate of drug-likeness (QED) is 0.106. The van der Waals surface area contributed by atoms with Crippen LogP contribution in [0.4, 0.5) is 17.1 Å². The van der Waals surface area contributed by atoms with Gasteiger partial charge in [-0.25, -0.2) is 0 Å². The van der Waals surface area contributed by atoms with Gasteiger partial charge in [-0.1, -0.05) is 0 Å². The molecule has 40 heavy (non-hydrogen) atoms. The number of hydrogen-bond donors (Lipinski definition) is 3. The summed E-state index contributed by atoms with van der Waals surface area (Å²) >= 11 is 0. The van der Waals surface area contributed by atoms with Crippen LogP contribution in [0.15, 0.2) is 65.8 Å². The van der Waals surface area contributed by atoms with Gasteiger partial charge in [0.2, 0.25) is 5.91 Å². The van der Waals surface area contributed by atoms with E-state index in [1.807, 2.05) is 0 Å². The lowest BCUT2D eigenvalue weighted by Crippen LogP contribution is -2.14. The van der Waals surface area contributed by atoms with Crippen molar-refractivity contribution in [2.24, 2.45) is 5.10 Å². The van der Waals surface area contributed by atoms with Crippen LogP contribution in [-0.2, 0) is 4.79 Å². The molecule has 0 aliphatic rings. The Morgan fingerprint density at radius 2 is 1.65 bits per heavy atom. The number of rotatable bonds is 14. The van der Waals surface area contributed by atoms with Crippen molar-refractivity contribution in [1.29, 1.82) is 0 Å². The molecule has 0 heterocycles. The number of carbonyl (C=O) groups excluding carboxylic acids is 2. The molecule has 210 valence electrons. The summed E-state index contributed by atoms with van der Waals surface area (Å²) in [6, 6.07) is 15.0. The van der Waals surface area contributed by atoms with Crippen LogP contribution in [0, 0.1) is 10.1 Å². The molecule has 0 atom stereocenters. The molecule has 0 radical (unpaired) electrons. The first kappa shape index (κ1) is 29.4. The van der Waals surface area contributed by atoms with E-state index < -0.39 is 4.92 Å². The molecule has 12 nitrogen and oxygen atoms in total. The maximum atomic E-state index is 13.0. The largest absolute Gasteiger partial charge is 0.504 e. The number of phenolic OH excluding ortho intramolecular Hbond substituents is 1. The number of nitrogens with zero attached hydrogens (tertiary/aromatic N) is 2. The Balaban J connectivity index is 1.70. The second-order valence-corrected chi connectivity index (χ2v) is 8.55. The van der Waals surface area contributed by atoms with Crippen LogP contribution in [0.1, 0.15) is 36.0 Å². The highest BCUT2D eigenvalue weighted by Gasteiger charge is 2.15. The highest BCUT2D eigenvalue weighted by Crippen LogP contribution is 2.29. The number of ketones is 1. The number of Topliss-reactive ketones (excluding diaryl/α,β-unsaturated/α-hetero) is 1. The van der Waals surface area contributed by atoms with Gasteiger partial charge in [0.15, 0.2) is 17.3 Å². The predicted octanol–water partition coefficient (Wildman–Crippen LogP) is 5.18. The molecule has 3 aromatic carbocycles. The van der Waals surface area contributed by atoms with Gasteiger partial charge in [-0.15, -0.1) is 0 Å². The van der Waals surface area contributed by atoms with Crippen molar-refractivity contribution in [2.45, 2.75) is 25.7 Å². The van der Waals surface area contributed by atoms with Crippen molar-refractivity contribution in [2.75, 3.05) is 32.1 Å². The Morgan fingerprint density at radius 3 is 2.30 bits per heavy atom. The third-order valence-corrected chi connectivity index (χ3v) is 5.84. The second kappa shape index (κ2) is 14.1. The number of carbonyl (C=O) groups is 2. The summed E-state index contributed by atoms with van der Waals surface area (Å²) in [6.45, 7) is 0. The summed E-state index contributed by atoms with van der Waals surface area (Å²) in [7, 11) is 4.41. The van der Waals surface area contributed by atoms with Crippen LogP contribution in [-0.4, -0.2) is 48.8 Å². The molecule has 0 aliphatic heterocycles. The summed E-state index contributed by atoms with van der Waals surface area (Å²) in [5.41, 5.74) is 4.50. The van der Waals surface area contributed by atoms with E-state index in [0.29, 0.717) is 47.0 Å². The SMILES string of the molecule is COc1ccc(OC)c(NC(=O)CCC/C(CC(=O)c2ccc(O)c(OC)c2)=N\Nc2ccc([N+](=O)[O-])cc2)c1. The number of anilines is 2. The molecule has 0 aromatic heterocycles. The average molecular weight is 551 g/mol. The Bertz CT molecular complexity index is 1390. The van der Waals surface area contributed by atoms with Crippen molar-refractivity contribution in [1.82, 2.24) is 0 Å². The Labute approximate surface area is 230 Å². The zero-order valence-corrected chi connectivity index (χ0v) is 22.3. The maximum Gasteiger partial charge on any atom is 0.269 e. The van der Waals surface area contributed by atoms with E-state index in [2.05, 4.69) is 15.8 Å². The number of hydrazone groups is 1. The zero-order valence-electron chi connectivity index (χ0n) is 22.3. The van der Waals surface area contributed by atoms with E-state index >= 15 is 0 Å². The summed E-state index contributed by atoms with van der Waals surface area (Å²) < 4.78 is 15.6. The first-order valence-corrected chi connectivity index (χ1v) is 12.2. The number of nitro benzene ring substituents is 1. The first-order valence-electron chi connectivity index (χ1n) is 12.2. The second-order valence-electron chi connectivity index (χ2n) is 8.55. The molecule has 0 fully saturated rings. The highest BCUT2D eigenvalue weighted by atomic mass is 16.6. The van der Waals surface area contributed by atoms with Crippen molar-refractivity contribution >= 4 is 34.5 Å². The van der Waals surface area contributed by atoms with Gasteiger partial charge >= 0.3 is 0 Å². The third-order valence-electron chi connectivity index (χ3n) is 5.84. The number of phenols is 1. The minimum Gasteiger partial charge on any atom is -0.504 e. The molecule has 3 rings (SSSR count). The van der Waals surface area contributed by atoms with Gasteiger partial charge in [0.05, 0.1) is 44.0 Å². The minimum atomic E-state index is -0.505. The summed E-state index contributed by atoms with van der Waals surface area (Å²) in [5, 5.41) is 27.9. The average Bonchev–Trinajstić information content (AvgIpc) is 2.96. The van der Waals surface area contributed by atoms with Crippen LogP contribution in [0.2, 0.25) is 0 Å². The lowest BCUT2D eigenvalue weighted by molar-refractivity contribution is -0.384. The minimum absolute atomic E-state index is 0.0649. The molecule has 3 aromatic rings. The Kier molecular flexibility index (Phi) is 10.4. The third kappa shape index (κ3) is 8.18. The number of amides is 1. The van der Waals surface area contributed by atoms with E-state index in [1.165, 1.54) is 63.8 Å². The molecule has 0 spiro atoms. The van der Waals surface area contributed by atoms with Crippen molar-refractivity contribution < 1.29 is 33.8 Å². The summed E-state index contributed by atoms with van der Waals surface area (Å²) in [4.78, 5) is 36.1. The van der Waals surface area contributed by atoms with Gasteiger partial charge in [-0.2, -0.15) is 5.10 Å². The normalized spacial score (nSPS) is 10.9.